The quantitative estimate of drug-likeness (QED) is 0.535. The van der Waals surface area contributed by atoms with Crippen molar-refractivity contribution in [3.8, 4) is 11.4 Å². The van der Waals surface area contributed by atoms with Crippen LogP contribution in [0.2, 0.25) is 0 Å². The molecule has 0 aliphatic heterocycles. The number of rotatable bonds is 5. The van der Waals surface area contributed by atoms with Crippen molar-refractivity contribution in [1.82, 2.24) is 24.5 Å². The number of hydrogen-bond donors (Lipinski definition) is 0. The fourth-order valence-corrected chi connectivity index (χ4v) is 2.70. The lowest BCUT2D eigenvalue weighted by molar-refractivity contribution is 0.549. The SMILES string of the molecule is CSc1ncc(-c2nccn2C(C)Cc2cccnc2)cn1. The van der Waals surface area contributed by atoms with Gasteiger partial charge in [0, 0.05) is 43.2 Å². The van der Waals surface area contributed by atoms with Crippen LogP contribution in [0.3, 0.4) is 0 Å². The molecule has 0 radical (unpaired) electrons. The zero-order valence-electron chi connectivity index (χ0n) is 12.5. The van der Waals surface area contributed by atoms with E-state index < -0.39 is 0 Å². The summed E-state index contributed by atoms with van der Waals surface area (Å²) in [5.41, 5.74) is 2.14. The van der Waals surface area contributed by atoms with E-state index in [9.17, 15) is 0 Å². The maximum absolute atomic E-state index is 4.47. The van der Waals surface area contributed by atoms with Crippen molar-refractivity contribution in [2.45, 2.75) is 24.5 Å². The second kappa shape index (κ2) is 6.70. The van der Waals surface area contributed by atoms with Crippen molar-refractivity contribution in [1.29, 1.82) is 0 Å². The van der Waals surface area contributed by atoms with Gasteiger partial charge in [0.15, 0.2) is 5.16 Å². The van der Waals surface area contributed by atoms with E-state index in [0.717, 1.165) is 23.0 Å². The maximum Gasteiger partial charge on any atom is 0.187 e. The molecule has 0 N–H and O–H groups in total. The predicted octanol–water partition coefficient (Wildman–Crippen LogP) is 3.26. The smallest absolute Gasteiger partial charge is 0.187 e. The molecule has 3 heterocycles. The number of nitrogens with zero attached hydrogens (tertiary/aromatic N) is 5. The first-order valence-electron chi connectivity index (χ1n) is 7.06. The minimum Gasteiger partial charge on any atom is -0.328 e. The first-order valence-corrected chi connectivity index (χ1v) is 8.28. The van der Waals surface area contributed by atoms with Gasteiger partial charge in [-0.05, 0) is 31.2 Å². The molecule has 0 spiro atoms. The van der Waals surface area contributed by atoms with Gasteiger partial charge in [-0.3, -0.25) is 4.98 Å². The van der Waals surface area contributed by atoms with Crippen molar-refractivity contribution in [2.75, 3.05) is 6.26 Å². The van der Waals surface area contributed by atoms with E-state index in [2.05, 4.69) is 37.5 Å². The van der Waals surface area contributed by atoms with E-state index in [-0.39, 0.29) is 6.04 Å². The van der Waals surface area contributed by atoms with Crippen molar-refractivity contribution >= 4 is 11.8 Å². The first kappa shape index (κ1) is 14.7. The van der Waals surface area contributed by atoms with Gasteiger partial charge >= 0.3 is 0 Å². The molecule has 3 aromatic heterocycles. The summed E-state index contributed by atoms with van der Waals surface area (Å²) in [7, 11) is 0. The average molecular weight is 311 g/mol. The molecule has 0 bridgehead atoms. The van der Waals surface area contributed by atoms with E-state index in [1.54, 1.807) is 6.20 Å². The van der Waals surface area contributed by atoms with Crippen LogP contribution in [-0.4, -0.2) is 30.8 Å². The number of aromatic nitrogens is 5. The predicted molar refractivity (Wildman–Crippen MR) is 87.7 cm³/mol. The fraction of sp³-hybridized carbons (Fsp3) is 0.250. The highest BCUT2D eigenvalue weighted by atomic mass is 32.2. The average Bonchev–Trinajstić information content (AvgIpc) is 3.05. The highest BCUT2D eigenvalue weighted by Crippen LogP contribution is 2.23. The Morgan fingerprint density at radius 3 is 2.64 bits per heavy atom. The number of hydrogen-bond acceptors (Lipinski definition) is 5. The summed E-state index contributed by atoms with van der Waals surface area (Å²) in [6, 6.07) is 4.34. The van der Waals surface area contributed by atoms with E-state index in [0.29, 0.717) is 0 Å². The highest BCUT2D eigenvalue weighted by molar-refractivity contribution is 7.98. The zero-order valence-corrected chi connectivity index (χ0v) is 13.4. The van der Waals surface area contributed by atoms with Crippen molar-refractivity contribution in [3.63, 3.8) is 0 Å². The van der Waals surface area contributed by atoms with E-state index in [1.165, 1.54) is 17.3 Å². The summed E-state index contributed by atoms with van der Waals surface area (Å²) < 4.78 is 2.16. The van der Waals surface area contributed by atoms with Gasteiger partial charge in [-0.15, -0.1) is 0 Å². The van der Waals surface area contributed by atoms with Gasteiger partial charge in [-0.2, -0.15) is 0 Å². The van der Waals surface area contributed by atoms with Crippen LogP contribution >= 0.6 is 11.8 Å². The Morgan fingerprint density at radius 1 is 1.14 bits per heavy atom. The molecule has 0 aromatic carbocycles. The molecule has 0 fully saturated rings. The third-order valence-electron chi connectivity index (χ3n) is 3.47. The number of thioether (sulfide) groups is 1. The summed E-state index contributed by atoms with van der Waals surface area (Å²) in [6.07, 6.45) is 14.0. The monoisotopic (exact) mass is 311 g/mol. The van der Waals surface area contributed by atoms with Gasteiger partial charge in [0.1, 0.15) is 5.82 Å². The van der Waals surface area contributed by atoms with Crippen LogP contribution in [0.15, 0.2) is 54.5 Å². The van der Waals surface area contributed by atoms with Gasteiger partial charge in [0.2, 0.25) is 0 Å². The Balaban J connectivity index is 1.84. The molecule has 1 unspecified atom stereocenters. The van der Waals surface area contributed by atoms with Crippen LogP contribution < -0.4 is 0 Å². The minimum absolute atomic E-state index is 0.280. The van der Waals surface area contributed by atoms with Gasteiger partial charge in [-0.25, -0.2) is 15.0 Å². The largest absolute Gasteiger partial charge is 0.328 e. The van der Waals surface area contributed by atoms with Crippen molar-refractivity contribution in [3.05, 3.63) is 54.9 Å². The maximum atomic E-state index is 4.47. The van der Waals surface area contributed by atoms with Crippen LogP contribution in [0.25, 0.3) is 11.4 Å². The summed E-state index contributed by atoms with van der Waals surface area (Å²) >= 11 is 1.53. The van der Waals surface area contributed by atoms with E-state index in [4.69, 9.17) is 0 Å². The van der Waals surface area contributed by atoms with Crippen molar-refractivity contribution < 1.29 is 0 Å². The van der Waals surface area contributed by atoms with E-state index in [1.807, 2.05) is 43.3 Å². The Bertz CT molecular complexity index is 724. The minimum atomic E-state index is 0.280. The van der Waals surface area contributed by atoms with Gasteiger partial charge in [-0.1, -0.05) is 17.8 Å². The summed E-state index contributed by atoms with van der Waals surface area (Å²) in [6.45, 7) is 2.18. The topological polar surface area (TPSA) is 56.5 Å². The number of imidazole rings is 1. The van der Waals surface area contributed by atoms with Crippen LogP contribution in [-0.2, 0) is 6.42 Å². The molecule has 5 nitrogen and oxygen atoms in total. The normalized spacial score (nSPS) is 12.3. The molecule has 0 aliphatic rings. The third-order valence-corrected chi connectivity index (χ3v) is 4.04. The van der Waals surface area contributed by atoms with Gasteiger partial charge in [0.25, 0.3) is 0 Å². The Labute approximate surface area is 133 Å². The van der Waals surface area contributed by atoms with Crippen LogP contribution in [0.1, 0.15) is 18.5 Å². The first-order chi connectivity index (χ1) is 10.8. The molecule has 0 aliphatic carbocycles. The summed E-state index contributed by atoms with van der Waals surface area (Å²) in [4.78, 5) is 17.3. The molecule has 0 amide bonds. The molecule has 6 heteroatoms. The van der Waals surface area contributed by atoms with Gasteiger partial charge in [0.05, 0.1) is 5.56 Å². The highest BCUT2D eigenvalue weighted by Gasteiger charge is 2.13. The second-order valence-electron chi connectivity index (χ2n) is 5.03. The lowest BCUT2D eigenvalue weighted by atomic mass is 10.1. The molecule has 3 rings (SSSR count). The fourth-order valence-electron chi connectivity index (χ4n) is 2.39. The lowest BCUT2D eigenvalue weighted by Gasteiger charge is -2.16. The molecule has 3 aromatic rings. The lowest BCUT2D eigenvalue weighted by Crippen LogP contribution is -2.09. The van der Waals surface area contributed by atoms with Crippen molar-refractivity contribution in [2.24, 2.45) is 0 Å². The molecule has 1 atom stereocenters. The van der Waals surface area contributed by atoms with Crippen LogP contribution in [0.4, 0.5) is 0 Å². The van der Waals surface area contributed by atoms with Crippen LogP contribution in [0, 0.1) is 0 Å². The Morgan fingerprint density at radius 2 is 1.95 bits per heavy atom. The van der Waals surface area contributed by atoms with E-state index >= 15 is 0 Å². The standard InChI is InChI=1S/C16H17N5S/c1-12(8-13-4-3-5-17-9-13)21-7-6-18-15(21)14-10-19-16(22-2)20-11-14/h3-7,9-12H,8H2,1-2H3. The van der Waals surface area contributed by atoms with Gasteiger partial charge < -0.3 is 4.57 Å². The molecule has 22 heavy (non-hydrogen) atoms. The Kier molecular flexibility index (Phi) is 4.48. The molecule has 0 saturated heterocycles. The summed E-state index contributed by atoms with van der Waals surface area (Å²) in [5, 5.41) is 0.769. The second-order valence-corrected chi connectivity index (χ2v) is 5.80. The zero-order chi connectivity index (χ0) is 15.4. The summed E-state index contributed by atoms with van der Waals surface area (Å²) in [5.74, 6) is 0.893. The van der Waals surface area contributed by atoms with Crippen LogP contribution in [0.5, 0.6) is 0 Å². The third kappa shape index (κ3) is 3.17. The molecule has 112 valence electrons. The molecular formula is C16H17N5S. The number of pyridine rings is 1. The molecule has 0 saturated carbocycles. The Hall–Kier alpha value is -2.21. The molecular weight excluding hydrogens is 294 g/mol.